The summed E-state index contributed by atoms with van der Waals surface area (Å²) in [5, 5.41) is 9.59. The van der Waals surface area contributed by atoms with Crippen molar-refractivity contribution in [3.8, 4) is 6.07 Å². The molecule has 1 aliphatic rings. The van der Waals surface area contributed by atoms with Crippen LogP contribution in [-0.2, 0) is 0 Å². The van der Waals surface area contributed by atoms with Crippen LogP contribution in [0.3, 0.4) is 0 Å². The molecule has 98 valence electrons. The average Bonchev–Trinajstić information content (AvgIpc) is 2.88. The smallest absolute Gasteiger partial charge is 0.0990 e. The highest BCUT2D eigenvalue weighted by molar-refractivity contribution is 6.07. The Morgan fingerprint density at radius 3 is 2.25 bits per heavy atom. The van der Waals surface area contributed by atoms with Gasteiger partial charge in [-0.1, -0.05) is 60.7 Å². The summed E-state index contributed by atoms with van der Waals surface area (Å²) in [6.45, 7) is 1.99. The highest BCUT2D eigenvalue weighted by atomic mass is 14.9. The molecule has 0 saturated heterocycles. The molecule has 0 bridgehead atoms. The van der Waals surface area contributed by atoms with Gasteiger partial charge in [-0.25, -0.2) is 0 Å². The second kappa shape index (κ2) is 4.94. The maximum absolute atomic E-state index is 9.59. The third-order valence-electron chi connectivity index (χ3n) is 3.89. The number of hydrogen-bond acceptors (Lipinski definition) is 2. The van der Waals surface area contributed by atoms with Crippen LogP contribution in [0.2, 0.25) is 0 Å². The van der Waals surface area contributed by atoms with E-state index in [-0.39, 0.29) is 6.04 Å². The van der Waals surface area contributed by atoms with Crippen molar-refractivity contribution in [1.82, 2.24) is 0 Å². The Hall–Kier alpha value is -2.40. The number of nitrogens with zero attached hydrogens (tertiary/aromatic N) is 2. The number of hydrogen-bond donors (Lipinski definition) is 0. The van der Waals surface area contributed by atoms with Gasteiger partial charge in [0.05, 0.1) is 23.2 Å². The van der Waals surface area contributed by atoms with Crippen molar-refractivity contribution < 1.29 is 0 Å². The Labute approximate surface area is 119 Å². The van der Waals surface area contributed by atoms with Gasteiger partial charge in [-0.3, -0.25) is 4.99 Å². The van der Waals surface area contributed by atoms with Gasteiger partial charge in [-0.2, -0.15) is 5.26 Å². The standard InChI is InChI=1S/C18H16N2/c1-18(13-19)12-16(14-8-4-2-5-9-14)20-17(18)15-10-6-3-7-11-15/h2-11,16H,12H2,1H3/t16-,18+/m1/s1. The van der Waals surface area contributed by atoms with Gasteiger partial charge < -0.3 is 0 Å². The van der Waals surface area contributed by atoms with E-state index in [0.29, 0.717) is 0 Å². The minimum absolute atomic E-state index is 0.0797. The van der Waals surface area contributed by atoms with Crippen molar-refractivity contribution in [3.05, 3.63) is 71.8 Å². The minimum Gasteiger partial charge on any atom is -0.279 e. The Bertz CT molecular complexity index is 668. The molecule has 0 amide bonds. The summed E-state index contributed by atoms with van der Waals surface area (Å²) in [5.74, 6) is 0. The fourth-order valence-corrected chi connectivity index (χ4v) is 2.78. The van der Waals surface area contributed by atoms with E-state index in [0.717, 1.165) is 17.7 Å². The lowest BCUT2D eigenvalue weighted by atomic mass is 9.80. The van der Waals surface area contributed by atoms with Gasteiger partial charge in [0.15, 0.2) is 0 Å². The zero-order valence-corrected chi connectivity index (χ0v) is 11.5. The second-order valence-electron chi connectivity index (χ2n) is 5.42. The summed E-state index contributed by atoms with van der Waals surface area (Å²) in [7, 11) is 0. The average molecular weight is 260 g/mol. The molecule has 0 radical (unpaired) electrons. The van der Waals surface area contributed by atoms with Crippen molar-refractivity contribution in [2.75, 3.05) is 0 Å². The summed E-state index contributed by atoms with van der Waals surface area (Å²) in [5.41, 5.74) is 2.63. The van der Waals surface area contributed by atoms with Crippen molar-refractivity contribution in [3.63, 3.8) is 0 Å². The number of benzene rings is 2. The van der Waals surface area contributed by atoms with Crippen LogP contribution in [0.1, 0.15) is 30.5 Å². The van der Waals surface area contributed by atoms with Gasteiger partial charge in [0.2, 0.25) is 0 Å². The first kappa shape index (κ1) is 12.6. The van der Waals surface area contributed by atoms with Crippen molar-refractivity contribution in [2.45, 2.75) is 19.4 Å². The predicted octanol–water partition coefficient (Wildman–Crippen LogP) is 4.15. The Morgan fingerprint density at radius 2 is 1.65 bits per heavy atom. The summed E-state index contributed by atoms with van der Waals surface area (Å²) in [6, 6.07) is 22.8. The molecule has 20 heavy (non-hydrogen) atoms. The van der Waals surface area contributed by atoms with Crippen LogP contribution < -0.4 is 0 Å². The van der Waals surface area contributed by atoms with Crippen LogP contribution in [-0.4, -0.2) is 5.71 Å². The number of aliphatic imine (C=N–C) groups is 1. The van der Waals surface area contributed by atoms with E-state index in [4.69, 9.17) is 4.99 Å². The van der Waals surface area contributed by atoms with Crippen molar-refractivity contribution >= 4 is 5.71 Å². The molecule has 0 spiro atoms. The lowest BCUT2D eigenvalue weighted by Crippen LogP contribution is -2.22. The van der Waals surface area contributed by atoms with E-state index in [2.05, 4.69) is 18.2 Å². The van der Waals surface area contributed by atoms with Gasteiger partial charge in [0.1, 0.15) is 0 Å². The zero-order chi connectivity index (χ0) is 14.0. The summed E-state index contributed by atoms with van der Waals surface area (Å²) >= 11 is 0. The molecule has 2 aromatic carbocycles. The first-order valence-corrected chi connectivity index (χ1v) is 6.83. The lowest BCUT2D eigenvalue weighted by Gasteiger charge is -2.17. The number of rotatable bonds is 2. The third-order valence-corrected chi connectivity index (χ3v) is 3.89. The maximum atomic E-state index is 9.59. The first-order chi connectivity index (χ1) is 9.73. The molecule has 2 aromatic rings. The van der Waals surface area contributed by atoms with E-state index in [9.17, 15) is 5.26 Å². The SMILES string of the molecule is C[C@@]1(C#N)C[C@H](c2ccccc2)N=C1c1ccccc1. The molecule has 2 nitrogen and oxygen atoms in total. The van der Waals surface area contributed by atoms with Crippen LogP contribution in [0.25, 0.3) is 0 Å². The largest absolute Gasteiger partial charge is 0.279 e. The van der Waals surface area contributed by atoms with Crippen LogP contribution in [0.4, 0.5) is 0 Å². The molecule has 0 unspecified atom stereocenters. The lowest BCUT2D eigenvalue weighted by molar-refractivity contribution is 0.535. The van der Waals surface area contributed by atoms with E-state index >= 15 is 0 Å². The fraction of sp³-hybridized carbons (Fsp3) is 0.222. The van der Waals surface area contributed by atoms with Gasteiger partial charge in [0.25, 0.3) is 0 Å². The zero-order valence-electron chi connectivity index (χ0n) is 11.5. The molecule has 1 aliphatic heterocycles. The summed E-state index contributed by atoms with van der Waals surface area (Å²) in [6.07, 6.45) is 0.748. The topological polar surface area (TPSA) is 36.1 Å². The fourth-order valence-electron chi connectivity index (χ4n) is 2.78. The maximum Gasteiger partial charge on any atom is 0.0990 e. The van der Waals surface area contributed by atoms with E-state index in [1.807, 2.05) is 55.5 Å². The van der Waals surface area contributed by atoms with E-state index in [1.54, 1.807) is 0 Å². The third kappa shape index (κ3) is 2.12. The molecule has 0 N–H and O–H groups in total. The number of nitriles is 1. The highest BCUT2D eigenvalue weighted by Gasteiger charge is 2.40. The van der Waals surface area contributed by atoms with Gasteiger partial charge in [-0.05, 0) is 24.5 Å². The Morgan fingerprint density at radius 1 is 1.05 bits per heavy atom. The van der Waals surface area contributed by atoms with Crippen molar-refractivity contribution in [2.24, 2.45) is 10.4 Å². The monoisotopic (exact) mass is 260 g/mol. The Kier molecular flexibility index (Phi) is 3.12. The van der Waals surface area contributed by atoms with Gasteiger partial charge >= 0.3 is 0 Å². The second-order valence-corrected chi connectivity index (χ2v) is 5.42. The predicted molar refractivity (Wildman–Crippen MR) is 80.5 cm³/mol. The molecular weight excluding hydrogens is 244 g/mol. The molecule has 2 heteroatoms. The Balaban J connectivity index is 2.04. The van der Waals surface area contributed by atoms with E-state index in [1.165, 1.54) is 5.56 Å². The quantitative estimate of drug-likeness (QED) is 0.799. The molecule has 1 heterocycles. The van der Waals surface area contributed by atoms with Crippen LogP contribution in [0.15, 0.2) is 65.7 Å². The summed E-state index contributed by atoms with van der Waals surface area (Å²) in [4.78, 5) is 4.85. The normalized spacial score (nSPS) is 25.0. The molecule has 0 fully saturated rings. The van der Waals surface area contributed by atoms with Crippen molar-refractivity contribution in [1.29, 1.82) is 5.26 Å². The summed E-state index contributed by atoms with van der Waals surface area (Å²) < 4.78 is 0. The first-order valence-electron chi connectivity index (χ1n) is 6.83. The van der Waals surface area contributed by atoms with Crippen LogP contribution >= 0.6 is 0 Å². The van der Waals surface area contributed by atoms with Gasteiger partial charge in [0, 0.05) is 0 Å². The highest BCUT2D eigenvalue weighted by Crippen LogP contribution is 2.42. The van der Waals surface area contributed by atoms with Crippen LogP contribution in [0.5, 0.6) is 0 Å². The molecule has 0 saturated carbocycles. The van der Waals surface area contributed by atoms with Crippen LogP contribution in [0, 0.1) is 16.7 Å². The van der Waals surface area contributed by atoms with E-state index < -0.39 is 5.41 Å². The van der Waals surface area contributed by atoms with Gasteiger partial charge in [-0.15, -0.1) is 0 Å². The minimum atomic E-state index is -0.512. The molecular formula is C18H16N2. The molecule has 3 rings (SSSR count). The molecule has 0 aromatic heterocycles. The molecule has 0 aliphatic carbocycles. The molecule has 2 atom stereocenters.